The summed E-state index contributed by atoms with van der Waals surface area (Å²) < 4.78 is 0. The smallest absolute Gasteiger partial charge is 0.258 e. The molecule has 2 aromatic rings. The molecule has 0 bridgehead atoms. The van der Waals surface area contributed by atoms with E-state index < -0.39 is 0 Å². The van der Waals surface area contributed by atoms with Crippen molar-refractivity contribution in [1.82, 2.24) is 20.2 Å². The second-order valence-electron chi connectivity index (χ2n) is 5.65. The van der Waals surface area contributed by atoms with Crippen molar-refractivity contribution in [2.24, 2.45) is 0 Å². The van der Waals surface area contributed by atoms with E-state index in [-0.39, 0.29) is 17.5 Å². The van der Waals surface area contributed by atoms with E-state index in [1.54, 1.807) is 6.07 Å². The van der Waals surface area contributed by atoms with Crippen LogP contribution < -0.4 is 10.9 Å². The van der Waals surface area contributed by atoms with E-state index in [9.17, 15) is 9.59 Å². The molecule has 0 radical (unpaired) electrons. The predicted molar refractivity (Wildman–Crippen MR) is 91.2 cm³/mol. The molecule has 1 amide bonds. The van der Waals surface area contributed by atoms with Crippen molar-refractivity contribution in [3.63, 3.8) is 0 Å². The highest BCUT2D eigenvalue weighted by molar-refractivity contribution is 5.78. The van der Waals surface area contributed by atoms with Crippen LogP contribution in [0.1, 0.15) is 33.0 Å². The maximum atomic E-state index is 12.2. The molecule has 0 aliphatic rings. The second kappa shape index (κ2) is 7.87. The van der Waals surface area contributed by atoms with Gasteiger partial charge < -0.3 is 10.3 Å². The minimum atomic E-state index is -0.146. The number of para-hydroxylation sites is 1. The van der Waals surface area contributed by atoms with Gasteiger partial charge in [0.25, 0.3) is 5.56 Å². The summed E-state index contributed by atoms with van der Waals surface area (Å²) in [6.45, 7) is 7.38. The molecular weight excluding hydrogens is 292 g/mol. The average Bonchev–Trinajstić information content (AvgIpc) is 2.54. The Morgan fingerprint density at radius 3 is 2.78 bits per heavy atom. The molecule has 6 nitrogen and oxygen atoms in total. The van der Waals surface area contributed by atoms with Crippen molar-refractivity contribution < 1.29 is 4.79 Å². The molecular formula is C17H24N4O2. The Morgan fingerprint density at radius 2 is 2.09 bits per heavy atom. The molecule has 0 aliphatic heterocycles. The number of hydrogen-bond acceptors (Lipinski definition) is 4. The van der Waals surface area contributed by atoms with Crippen LogP contribution in [0, 0.1) is 0 Å². The number of fused-ring (bicyclic) bond motifs is 1. The Kier molecular flexibility index (Phi) is 5.87. The van der Waals surface area contributed by atoms with Crippen molar-refractivity contribution >= 4 is 16.8 Å². The van der Waals surface area contributed by atoms with Crippen LogP contribution in [0.15, 0.2) is 29.1 Å². The van der Waals surface area contributed by atoms with Gasteiger partial charge in [0.1, 0.15) is 5.82 Å². The molecule has 1 aromatic carbocycles. The lowest BCUT2D eigenvalue weighted by Crippen LogP contribution is -2.41. The minimum absolute atomic E-state index is 0.0177. The monoisotopic (exact) mass is 316 g/mol. The number of carbonyl (C=O) groups excluding carboxylic acids is 1. The van der Waals surface area contributed by atoms with Crippen molar-refractivity contribution in [2.45, 2.75) is 39.8 Å². The van der Waals surface area contributed by atoms with Gasteiger partial charge in [-0.25, -0.2) is 4.98 Å². The number of rotatable bonds is 7. The molecule has 0 aliphatic carbocycles. The highest BCUT2D eigenvalue weighted by atomic mass is 16.2. The zero-order chi connectivity index (χ0) is 16.8. The molecule has 2 N–H and O–H groups in total. The molecule has 0 saturated heterocycles. The third-order valence-corrected chi connectivity index (χ3v) is 3.95. The van der Waals surface area contributed by atoms with Gasteiger partial charge in [0.2, 0.25) is 5.91 Å². The molecule has 0 saturated carbocycles. The molecule has 6 heteroatoms. The Balaban J connectivity index is 2.25. The quantitative estimate of drug-likeness (QED) is 0.814. The number of aromatic nitrogens is 2. The van der Waals surface area contributed by atoms with E-state index in [0.29, 0.717) is 36.4 Å². The third-order valence-electron chi connectivity index (χ3n) is 3.95. The minimum Gasteiger partial charge on any atom is -0.355 e. The van der Waals surface area contributed by atoms with Gasteiger partial charge >= 0.3 is 0 Å². The lowest BCUT2D eigenvalue weighted by Gasteiger charge is -2.27. The van der Waals surface area contributed by atoms with Gasteiger partial charge in [0, 0.05) is 12.6 Å². The molecule has 1 unspecified atom stereocenters. The van der Waals surface area contributed by atoms with E-state index in [2.05, 4.69) is 29.1 Å². The van der Waals surface area contributed by atoms with Crippen LogP contribution in [-0.2, 0) is 11.3 Å². The lowest BCUT2D eigenvalue weighted by atomic mass is 10.2. The molecule has 1 aromatic heterocycles. The molecule has 124 valence electrons. The number of hydrogen-bond donors (Lipinski definition) is 2. The predicted octanol–water partition coefficient (Wildman–Crippen LogP) is 1.66. The lowest BCUT2D eigenvalue weighted by molar-refractivity contribution is -0.122. The fourth-order valence-corrected chi connectivity index (χ4v) is 2.47. The fourth-order valence-electron chi connectivity index (χ4n) is 2.47. The molecule has 2 rings (SSSR count). The largest absolute Gasteiger partial charge is 0.355 e. The highest BCUT2D eigenvalue weighted by Gasteiger charge is 2.17. The standard InChI is InChI=1S/C17H24N4O2/c1-4-12(3)21(11-16(22)18-5-2)10-15-19-14-9-7-6-8-13(14)17(23)20-15/h6-9,12H,4-5,10-11H2,1-3H3,(H,18,22)(H,19,20,23). The number of amides is 1. The van der Waals surface area contributed by atoms with Crippen LogP contribution in [0.5, 0.6) is 0 Å². The van der Waals surface area contributed by atoms with Gasteiger partial charge in [0.15, 0.2) is 0 Å². The normalized spacial score (nSPS) is 12.5. The van der Waals surface area contributed by atoms with E-state index in [0.717, 1.165) is 6.42 Å². The summed E-state index contributed by atoms with van der Waals surface area (Å²) in [4.78, 5) is 33.4. The van der Waals surface area contributed by atoms with Gasteiger partial charge in [-0.3, -0.25) is 14.5 Å². The van der Waals surface area contributed by atoms with E-state index in [1.165, 1.54) is 0 Å². The first-order valence-corrected chi connectivity index (χ1v) is 8.03. The SMILES string of the molecule is CCNC(=O)CN(Cc1nc2ccccc2c(=O)[nH]1)C(C)CC. The van der Waals surface area contributed by atoms with Crippen molar-refractivity contribution in [2.75, 3.05) is 13.1 Å². The van der Waals surface area contributed by atoms with Crippen LogP contribution in [0.3, 0.4) is 0 Å². The molecule has 1 atom stereocenters. The van der Waals surface area contributed by atoms with Gasteiger partial charge in [-0.2, -0.15) is 0 Å². The van der Waals surface area contributed by atoms with Crippen LogP contribution in [0.4, 0.5) is 0 Å². The Hall–Kier alpha value is -2.21. The number of nitrogens with zero attached hydrogens (tertiary/aromatic N) is 2. The van der Waals surface area contributed by atoms with E-state index in [4.69, 9.17) is 0 Å². The molecule has 1 heterocycles. The number of likely N-dealkylation sites (N-methyl/N-ethyl adjacent to an activating group) is 1. The van der Waals surface area contributed by atoms with Crippen LogP contribution in [0.2, 0.25) is 0 Å². The zero-order valence-electron chi connectivity index (χ0n) is 13.9. The van der Waals surface area contributed by atoms with Crippen LogP contribution in [-0.4, -0.2) is 39.9 Å². The zero-order valence-corrected chi connectivity index (χ0v) is 13.9. The maximum Gasteiger partial charge on any atom is 0.258 e. The Morgan fingerprint density at radius 1 is 1.35 bits per heavy atom. The van der Waals surface area contributed by atoms with Crippen molar-refractivity contribution in [3.05, 3.63) is 40.4 Å². The second-order valence-corrected chi connectivity index (χ2v) is 5.65. The fraction of sp³-hybridized carbons (Fsp3) is 0.471. The average molecular weight is 316 g/mol. The summed E-state index contributed by atoms with van der Waals surface area (Å²) in [5.74, 6) is 0.564. The summed E-state index contributed by atoms with van der Waals surface area (Å²) in [6.07, 6.45) is 0.914. The summed E-state index contributed by atoms with van der Waals surface area (Å²) in [6, 6.07) is 7.48. The highest BCUT2D eigenvalue weighted by Crippen LogP contribution is 2.10. The number of nitrogens with one attached hydrogen (secondary N) is 2. The number of carbonyl (C=O) groups is 1. The summed E-state index contributed by atoms with van der Waals surface area (Å²) in [7, 11) is 0. The maximum absolute atomic E-state index is 12.2. The molecule has 0 spiro atoms. The molecule has 23 heavy (non-hydrogen) atoms. The Bertz CT molecular complexity index is 726. The Labute approximate surface area is 135 Å². The number of H-pyrrole nitrogens is 1. The first kappa shape index (κ1) is 17.1. The van der Waals surface area contributed by atoms with E-state index >= 15 is 0 Å². The van der Waals surface area contributed by atoms with Gasteiger partial charge in [0.05, 0.1) is 24.0 Å². The first-order chi connectivity index (χ1) is 11.0. The number of aromatic amines is 1. The van der Waals surface area contributed by atoms with Crippen molar-refractivity contribution in [3.8, 4) is 0 Å². The van der Waals surface area contributed by atoms with Gasteiger partial charge in [-0.15, -0.1) is 0 Å². The van der Waals surface area contributed by atoms with Crippen LogP contribution in [0.25, 0.3) is 10.9 Å². The topological polar surface area (TPSA) is 78.1 Å². The van der Waals surface area contributed by atoms with Crippen LogP contribution >= 0.6 is 0 Å². The molecule has 0 fully saturated rings. The summed E-state index contributed by atoms with van der Waals surface area (Å²) in [5.41, 5.74) is 0.529. The van der Waals surface area contributed by atoms with Gasteiger partial charge in [-0.05, 0) is 32.4 Å². The van der Waals surface area contributed by atoms with Gasteiger partial charge in [-0.1, -0.05) is 19.1 Å². The third kappa shape index (κ3) is 4.39. The summed E-state index contributed by atoms with van der Waals surface area (Å²) in [5, 5.41) is 3.39. The summed E-state index contributed by atoms with van der Waals surface area (Å²) >= 11 is 0. The van der Waals surface area contributed by atoms with Crippen molar-refractivity contribution in [1.29, 1.82) is 0 Å². The number of benzene rings is 1. The van der Waals surface area contributed by atoms with E-state index in [1.807, 2.05) is 30.0 Å². The first-order valence-electron chi connectivity index (χ1n) is 8.03.